The predicted molar refractivity (Wildman–Crippen MR) is 135 cm³/mol. The average molecular weight is 458 g/mol. The molecule has 2 rings (SSSR count). The van der Waals surface area contributed by atoms with Gasteiger partial charge in [-0.25, -0.2) is 0 Å². The standard InChI is InChI=1S/C6H14N2.C6H14O2.C5H10O2.C3H9NO.3CH4/c1-7-3-5-8(2)6-4-7;1-4-7-6(3)8-5-2;1-5-6-3-2-4-7-5;1-4-2-3-5;;;/h3-6H2,1-2H3;6H,4-5H2,1-3H3;5H,2-4H2,1H3;4-5H,2-3H2,1H3;3*1H4. The first-order chi connectivity index (χ1) is 13.4. The van der Waals surface area contributed by atoms with Crippen molar-refractivity contribution >= 4 is 0 Å². The molecule has 2 heterocycles. The maximum atomic E-state index is 8.00. The molecule has 0 aliphatic carbocycles. The van der Waals surface area contributed by atoms with Crippen LogP contribution >= 0.6 is 0 Å². The number of ether oxygens (including phenoxy) is 4. The van der Waals surface area contributed by atoms with Crippen molar-refractivity contribution in [1.29, 1.82) is 0 Å². The normalized spacial score (nSPS) is 16.5. The summed E-state index contributed by atoms with van der Waals surface area (Å²) in [6, 6.07) is 0. The minimum atomic E-state index is -0.0370. The minimum absolute atomic E-state index is 0. The van der Waals surface area contributed by atoms with E-state index in [0.29, 0.717) is 6.54 Å². The molecule has 0 aromatic carbocycles. The number of hydrogen-bond donors (Lipinski definition) is 2. The number of likely N-dealkylation sites (N-methyl/N-ethyl adjacent to an activating group) is 3. The van der Waals surface area contributed by atoms with Crippen LogP contribution in [0.1, 0.15) is 56.4 Å². The summed E-state index contributed by atoms with van der Waals surface area (Å²) in [5, 5.41) is 10.8. The van der Waals surface area contributed by atoms with Gasteiger partial charge in [0.25, 0.3) is 0 Å². The van der Waals surface area contributed by atoms with Crippen LogP contribution in [0.3, 0.4) is 0 Å². The molecule has 2 fully saturated rings. The lowest BCUT2D eigenvalue weighted by molar-refractivity contribution is -0.167. The Morgan fingerprint density at radius 3 is 1.52 bits per heavy atom. The van der Waals surface area contributed by atoms with Crippen molar-refractivity contribution in [2.45, 2.75) is 69.0 Å². The molecule has 0 saturated carbocycles. The van der Waals surface area contributed by atoms with Crippen LogP contribution in [-0.4, -0.2) is 114 Å². The summed E-state index contributed by atoms with van der Waals surface area (Å²) in [4.78, 5) is 4.72. The summed E-state index contributed by atoms with van der Waals surface area (Å²) in [6.07, 6.45) is 1.04. The molecule has 2 N–H and O–H groups in total. The van der Waals surface area contributed by atoms with Gasteiger partial charge in [-0.15, -0.1) is 0 Å². The lowest BCUT2D eigenvalue weighted by Gasteiger charge is -2.28. The molecule has 0 aromatic heterocycles. The fourth-order valence-electron chi connectivity index (χ4n) is 2.14. The van der Waals surface area contributed by atoms with Crippen LogP contribution in [0.15, 0.2) is 0 Å². The Bertz CT molecular complexity index is 270. The quantitative estimate of drug-likeness (QED) is 0.589. The van der Waals surface area contributed by atoms with Gasteiger partial charge in [0, 0.05) is 45.9 Å². The third kappa shape index (κ3) is 34.5. The zero-order chi connectivity index (χ0) is 21.6. The fourth-order valence-corrected chi connectivity index (χ4v) is 2.14. The maximum absolute atomic E-state index is 8.00. The van der Waals surface area contributed by atoms with Crippen LogP contribution in [0.2, 0.25) is 0 Å². The monoisotopic (exact) mass is 457 g/mol. The van der Waals surface area contributed by atoms with Gasteiger partial charge in [0.05, 0.1) is 19.8 Å². The minimum Gasteiger partial charge on any atom is -0.395 e. The molecule has 31 heavy (non-hydrogen) atoms. The average Bonchev–Trinajstić information content (AvgIpc) is 2.67. The maximum Gasteiger partial charge on any atom is 0.154 e. The van der Waals surface area contributed by atoms with Gasteiger partial charge in [0.15, 0.2) is 12.6 Å². The second-order valence-corrected chi connectivity index (χ2v) is 6.57. The number of aliphatic hydroxyl groups excluding tert-OH is 1. The van der Waals surface area contributed by atoms with E-state index in [2.05, 4.69) is 29.2 Å². The summed E-state index contributed by atoms with van der Waals surface area (Å²) >= 11 is 0. The van der Waals surface area contributed by atoms with Crippen LogP contribution in [0.25, 0.3) is 0 Å². The summed E-state index contributed by atoms with van der Waals surface area (Å²) in [6.45, 7) is 16.7. The van der Waals surface area contributed by atoms with Crippen LogP contribution in [0, 0.1) is 0 Å². The molecule has 0 atom stereocenters. The number of nitrogens with zero attached hydrogens (tertiary/aromatic N) is 2. The van der Waals surface area contributed by atoms with Crippen molar-refractivity contribution in [1.82, 2.24) is 15.1 Å². The van der Waals surface area contributed by atoms with E-state index in [1.165, 1.54) is 26.2 Å². The largest absolute Gasteiger partial charge is 0.395 e. The highest BCUT2D eigenvalue weighted by Gasteiger charge is 2.08. The van der Waals surface area contributed by atoms with Crippen molar-refractivity contribution in [2.24, 2.45) is 0 Å². The zero-order valence-corrected chi connectivity index (χ0v) is 19.4. The topological polar surface area (TPSA) is 75.7 Å². The molecule has 2 aliphatic heterocycles. The molecule has 8 nitrogen and oxygen atoms in total. The highest BCUT2D eigenvalue weighted by molar-refractivity contribution is 4.64. The van der Waals surface area contributed by atoms with Gasteiger partial charge in [-0.2, -0.15) is 0 Å². The van der Waals surface area contributed by atoms with E-state index in [0.717, 1.165) is 32.8 Å². The Kier molecular flexibility index (Phi) is 42.1. The predicted octanol–water partition coefficient (Wildman–Crippen LogP) is 3.14. The van der Waals surface area contributed by atoms with Crippen molar-refractivity contribution in [3.05, 3.63) is 0 Å². The van der Waals surface area contributed by atoms with Gasteiger partial charge in [0.2, 0.25) is 0 Å². The van der Waals surface area contributed by atoms with E-state index in [1.54, 1.807) is 7.05 Å². The van der Waals surface area contributed by atoms with Crippen LogP contribution < -0.4 is 5.32 Å². The van der Waals surface area contributed by atoms with Crippen LogP contribution in [-0.2, 0) is 18.9 Å². The smallest absolute Gasteiger partial charge is 0.154 e. The van der Waals surface area contributed by atoms with Gasteiger partial charge < -0.3 is 39.2 Å². The summed E-state index contributed by atoms with van der Waals surface area (Å²) < 4.78 is 20.2. The van der Waals surface area contributed by atoms with E-state index in [1.807, 2.05) is 27.7 Å². The second-order valence-electron chi connectivity index (χ2n) is 6.57. The van der Waals surface area contributed by atoms with Gasteiger partial charge in [-0.3, -0.25) is 0 Å². The first-order valence-corrected chi connectivity index (χ1v) is 10.5. The number of hydrogen-bond acceptors (Lipinski definition) is 8. The molecule has 0 spiro atoms. The molecule has 2 saturated heterocycles. The van der Waals surface area contributed by atoms with Gasteiger partial charge in [0.1, 0.15) is 0 Å². The number of rotatable bonds is 6. The van der Waals surface area contributed by atoms with Crippen molar-refractivity contribution < 1.29 is 24.1 Å². The molecular formula is C23H59N3O5. The zero-order valence-electron chi connectivity index (χ0n) is 19.4. The highest BCUT2D eigenvalue weighted by Crippen LogP contribution is 2.01. The molecule has 8 heteroatoms. The summed E-state index contributed by atoms with van der Waals surface area (Å²) in [5.41, 5.74) is 0. The first kappa shape index (κ1) is 41.0. The van der Waals surface area contributed by atoms with E-state index in [4.69, 9.17) is 24.1 Å². The summed E-state index contributed by atoms with van der Waals surface area (Å²) in [5.74, 6) is 0. The van der Waals surface area contributed by atoms with Crippen molar-refractivity contribution in [3.63, 3.8) is 0 Å². The molecule has 0 radical (unpaired) electrons. The van der Waals surface area contributed by atoms with Gasteiger partial charge in [-0.05, 0) is 55.3 Å². The number of nitrogens with one attached hydrogen (secondary N) is 1. The second kappa shape index (κ2) is 31.9. The number of piperazine rings is 1. The van der Waals surface area contributed by atoms with E-state index in [9.17, 15) is 0 Å². The molecule has 0 unspecified atom stereocenters. The molecule has 0 aromatic rings. The van der Waals surface area contributed by atoms with E-state index < -0.39 is 0 Å². The van der Waals surface area contributed by atoms with Crippen LogP contribution in [0.5, 0.6) is 0 Å². The van der Waals surface area contributed by atoms with Gasteiger partial charge >= 0.3 is 0 Å². The molecular weight excluding hydrogens is 398 g/mol. The van der Waals surface area contributed by atoms with E-state index >= 15 is 0 Å². The molecule has 0 bridgehead atoms. The Balaban J connectivity index is -0.0000000951. The third-order valence-electron chi connectivity index (χ3n) is 3.89. The Hall–Kier alpha value is -0.320. The summed E-state index contributed by atoms with van der Waals surface area (Å²) in [7, 11) is 6.15. The molecule has 2 aliphatic rings. The molecule has 0 amide bonds. The lowest BCUT2D eigenvalue weighted by atomic mass is 10.4. The first-order valence-electron chi connectivity index (χ1n) is 10.5. The number of aliphatic hydroxyl groups is 1. The lowest BCUT2D eigenvalue weighted by Crippen LogP contribution is -2.42. The SMILES string of the molecule is C.C.C.CC1OCCCO1.CCOC(C)OCC.CN1CCN(C)CC1.CNCCO. The Morgan fingerprint density at radius 2 is 1.32 bits per heavy atom. The van der Waals surface area contributed by atoms with Crippen molar-refractivity contribution in [2.75, 3.05) is 86.9 Å². The van der Waals surface area contributed by atoms with Crippen LogP contribution in [0.4, 0.5) is 0 Å². The van der Waals surface area contributed by atoms with E-state index in [-0.39, 0.29) is 41.5 Å². The Labute approximate surface area is 195 Å². The fraction of sp³-hybridized carbons (Fsp3) is 1.00. The molecule has 196 valence electrons. The Morgan fingerprint density at radius 1 is 0.935 bits per heavy atom. The van der Waals surface area contributed by atoms with Crippen molar-refractivity contribution in [3.8, 4) is 0 Å². The highest BCUT2D eigenvalue weighted by atomic mass is 16.7. The third-order valence-corrected chi connectivity index (χ3v) is 3.89. The van der Waals surface area contributed by atoms with Gasteiger partial charge in [-0.1, -0.05) is 22.3 Å².